The summed E-state index contributed by atoms with van der Waals surface area (Å²) in [6, 6.07) is 8.18. The molecule has 3 rings (SSSR count). The van der Waals surface area contributed by atoms with Crippen molar-refractivity contribution in [3.05, 3.63) is 36.3 Å². The Kier molecular flexibility index (Phi) is 4.25. The molecule has 4 heteroatoms. The number of H-pyrrole nitrogens is 1. The molecule has 112 valence electrons. The molecule has 1 aliphatic rings. The lowest BCUT2D eigenvalue weighted by molar-refractivity contribution is 0.242. The van der Waals surface area contributed by atoms with Gasteiger partial charge in [-0.15, -0.1) is 0 Å². The minimum atomic E-state index is 0.202. The normalized spacial score (nSPS) is 18.9. The standard InChI is InChI=1S/C17H23N3O/c1-12(2)21-15-7-5-13(6-8-15)16-11-19-17(20-16)14-4-3-9-18-10-14/h5-8,11-12,14,18H,3-4,9-10H2,1-2H3,(H,19,20). The lowest BCUT2D eigenvalue weighted by atomic mass is 9.99. The molecule has 2 aromatic rings. The van der Waals surface area contributed by atoms with Crippen molar-refractivity contribution in [2.45, 2.75) is 38.7 Å². The van der Waals surface area contributed by atoms with Crippen LogP contribution in [0.25, 0.3) is 11.3 Å². The fourth-order valence-electron chi connectivity index (χ4n) is 2.76. The minimum absolute atomic E-state index is 0.202. The Labute approximate surface area is 125 Å². The number of nitrogens with zero attached hydrogens (tertiary/aromatic N) is 1. The first-order chi connectivity index (χ1) is 10.2. The highest BCUT2D eigenvalue weighted by Gasteiger charge is 2.18. The Morgan fingerprint density at radius 3 is 2.71 bits per heavy atom. The van der Waals surface area contributed by atoms with Crippen molar-refractivity contribution in [2.75, 3.05) is 13.1 Å². The van der Waals surface area contributed by atoms with Crippen LogP contribution in [0, 0.1) is 0 Å². The third-order valence-electron chi connectivity index (χ3n) is 3.82. The highest BCUT2D eigenvalue weighted by molar-refractivity contribution is 5.59. The first kappa shape index (κ1) is 14.1. The van der Waals surface area contributed by atoms with Crippen molar-refractivity contribution >= 4 is 0 Å². The third-order valence-corrected chi connectivity index (χ3v) is 3.82. The van der Waals surface area contributed by atoms with Gasteiger partial charge in [-0.3, -0.25) is 0 Å². The summed E-state index contributed by atoms with van der Waals surface area (Å²) in [7, 11) is 0. The van der Waals surface area contributed by atoms with Gasteiger partial charge >= 0.3 is 0 Å². The molecule has 4 nitrogen and oxygen atoms in total. The van der Waals surface area contributed by atoms with Gasteiger partial charge < -0.3 is 15.0 Å². The molecule has 1 aliphatic heterocycles. The van der Waals surface area contributed by atoms with Gasteiger partial charge in [0.25, 0.3) is 0 Å². The van der Waals surface area contributed by atoms with E-state index in [0.717, 1.165) is 35.9 Å². The molecule has 0 spiro atoms. The molecule has 0 amide bonds. The smallest absolute Gasteiger partial charge is 0.119 e. The summed E-state index contributed by atoms with van der Waals surface area (Å²) in [5.41, 5.74) is 2.22. The quantitative estimate of drug-likeness (QED) is 0.906. The summed E-state index contributed by atoms with van der Waals surface area (Å²) in [6.45, 7) is 6.22. The molecule has 0 aliphatic carbocycles. The van der Waals surface area contributed by atoms with Crippen LogP contribution in [0.2, 0.25) is 0 Å². The molecular formula is C17H23N3O. The highest BCUT2D eigenvalue weighted by Crippen LogP contribution is 2.25. The zero-order valence-electron chi connectivity index (χ0n) is 12.7. The van der Waals surface area contributed by atoms with Crippen molar-refractivity contribution in [1.82, 2.24) is 15.3 Å². The predicted molar refractivity (Wildman–Crippen MR) is 84.6 cm³/mol. The third kappa shape index (κ3) is 3.45. The number of ether oxygens (including phenoxy) is 1. The average Bonchev–Trinajstić information content (AvgIpc) is 2.98. The molecule has 2 N–H and O–H groups in total. The molecule has 2 heterocycles. The van der Waals surface area contributed by atoms with Crippen LogP contribution in [0.5, 0.6) is 5.75 Å². The van der Waals surface area contributed by atoms with E-state index in [0.29, 0.717) is 5.92 Å². The number of aromatic amines is 1. The SMILES string of the molecule is CC(C)Oc1ccc(-c2cnc(C3CCCNC3)[nH]2)cc1. The molecule has 21 heavy (non-hydrogen) atoms. The number of nitrogens with one attached hydrogen (secondary N) is 2. The maximum Gasteiger partial charge on any atom is 0.119 e. The Morgan fingerprint density at radius 2 is 2.05 bits per heavy atom. The Hall–Kier alpha value is -1.81. The summed E-state index contributed by atoms with van der Waals surface area (Å²) in [4.78, 5) is 8.03. The molecule has 1 saturated heterocycles. The van der Waals surface area contributed by atoms with Gasteiger partial charge in [-0.25, -0.2) is 4.98 Å². The van der Waals surface area contributed by atoms with Crippen molar-refractivity contribution in [2.24, 2.45) is 0 Å². The fourth-order valence-corrected chi connectivity index (χ4v) is 2.76. The first-order valence-corrected chi connectivity index (χ1v) is 7.75. The molecule has 1 unspecified atom stereocenters. The molecular weight excluding hydrogens is 262 g/mol. The number of aromatic nitrogens is 2. The number of benzene rings is 1. The lowest BCUT2D eigenvalue weighted by Crippen LogP contribution is -2.28. The van der Waals surface area contributed by atoms with Gasteiger partial charge in [-0.1, -0.05) is 0 Å². The summed E-state index contributed by atoms with van der Waals surface area (Å²) in [6.07, 6.45) is 4.57. The van der Waals surface area contributed by atoms with E-state index in [4.69, 9.17) is 4.74 Å². The maximum atomic E-state index is 5.67. The second-order valence-corrected chi connectivity index (χ2v) is 5.92. The lowest BCUT2D eigenvalue weighted by Gasteiger charge is -2.20. The summed E-state index contributed by atoms with van der Waals surface area (Å²) in [5.74, 6) is 2.51. The number of imidazole rings is 1. The van der Waals surface area contributed by atoms with Crippen LogP contribution in [0.15, 0.2) is 30.5 Å². The van der Waals surface area contributed by atoms with Gasteiger partial charge in [-0.05, 0) is 63.1 Å². The second-order valence-electron chi connectivity index (χ2n) is 5.92. The Bertz CT molecular complexity index is 568. The van der Waals surface area contributed by atoms with E-state index in [1.165, 1.54) is 12.8 Å². The van der Waals surface area contributed by atoms with Crippen molar-refractivity contribution in [1.29, 1.82) is 0 Å². The number of hydrogen-bond donors (Lipinski definition) is 2. The van der Waals surface area contributed by atoms with E-state index in [1.807, 2.05) is 32.2 Å². The minimum Gasteiger partial charge on any atom is -0.491 e. The molecule has 1 atom stereocenters. The molecule has 1 fully saturated rings. The fraction of sp³-hybridized carbons (Fsp3) is 0.471. The summed E-state index contributed by atoms with van der Waals surface area (Å²) >= 11 is 0. The van der Waals surface area contributed by atoms with Gasteiger partial charge in [0, 0.05) is 12.5 Å². The van der Waals surface area contributed by atoms with Crippen LogP contribution in [0.4, 0.5) is 0 Å². The van der Waals surface area contributed by atoms with Gasteiger partial charge in [0.2, 0.25) is 0 Å². The number of piperidine rings is 1. The van der Waals surface area contributed by atoms with Crippen LogP contribution >= 0.6 is 0 Å². The maximum absolute atomic E-state index is 5.67. The van der Waals surface area contributed by atoms with Crippen LogP contribution < -0.4 is 10.1 Å². The van der Waals surface area contributed by atoms with Crippen LogP contribution in [-0.2, 0) is 0 Å². The van der Waals surface area contributed by atoms with Gasteiger partial charge in [0.05, 0.1) is 18.0 Å². The average molecular weight is 285 g/mol. The van der Waals surface area contributed by atoms with E-state index < -0.39 is 0 Å². The molecule has 0 bridgehead atoms. The molecule has 0 radical (unpaired) electrons. The molecule has 1 aromatic carbocycles. The second kappa shape index (κ2) is 6.31. The molecule has 0 saturated carbocycles. The number of rotatable bonds is 4. The van der Waals surface area contributed by atoms with Crippen molar-refractivity contribution in [3.63, 3.8) is 0 Å². The predicted octanol–water partition coefficient (Wildman–Crippen LogP) is 3.33. The van der Waals surface area contributed by atoms with Gasteiger partial charge in [-0.2, -0.15) is 0 Å². The summed E-state index contributed by atoms with van der Waals surface area (Å²) < 4.78 is 5.67. The summed E-state index contributed by atoms with van der Waals surface area (Å²) in [5, 5.41) is 3.43. The van der Waals surface area contributed by atoms with E-state index in [9.17, 15) is 0 Å². The topological polar surface area (TPSA) is 49.9 Å². The van der Waals surface area contributed by atoms with Crippen LogP contribution in [0.1, 0.15) is 38.4 Å². The largest absolute Gasteiger partial charge is 0.491 e. The van der Waals surface area contributed by atoms with E-state index in [2.05, 4.69) is 27.4 Å². The van der Waals surface area contributed by atoms with E-state index in [1.54, 1.807) is 0 Å². The Balaban J connectivity index is 1.73. The van der Waals surface area contributed by atoms with Crippen molar-refractivity contribution in [3.8, 4) is 17.0 Å². The van der Waals surface area contributed by atoms with E-state index >= 15 is 0 Å². The van der Waals surface area contributed by atoms with Gasteiger partial charge in [0.1, 0.15) is 11.6 Å². The first-order valence-electron chi connectivity index (χ1n) is 7.75. The van der Waals surface area contributed by atoms with Gasteiger partial charge in [0.15, 0.2) is 0 Å². The monoisotopic (exact) mass is 285 g/mol. The zero-order chi connectivity index (χ0) is 14.7. The van der Waals surface area contributed by atoms with Crippen molar-refractivity contribution < 1.29 is 4.74 Å². The molecule has 1 aromatic heterocycles. The van der Waals surface area contributed by atoms with E-state index in [-0.39, 0.29) is 6.10 Å². The Morgan fingerprint density at radius 1 is 1.24 bits per heavy atom. The number of hydrogen-bond acceptors (Lipinski definition) is 3. The highest BCUT2D eigenvalue weighted by atomic mass is 16.5. The van der Waals surface area contributed by atoms with Crippen LogP contribution in [0.3, 0.4) is 0 Å². The van der Waals surface area contributed by atoms with Crippen LogP contribution in [-0.4, -0.2) is 29.2 Å². The zero-order valence-corrected chi connectivity index (χ0v) is 12.7.